The predicted octanol–water partition coefficient (Wildman–Crippen LogP) is 2.87. The van der Waals surface area contributed by atoms with Crippen LogP contribution < -0.4 is 15.4 Å². The molecule has 0 saturated carbocycles. The van der Waals surface area contributed by atoms with Crippen LogP contribution in [-0.2, 0) is 14.3 Å². The molecule has 182 valence electrons. The largest absolute Gasteiger partial charge is 0.490 e. The maximum Gasteiger partial charge on any atom is 0.405 e. The Hall–Kier alpha value is -2.82. The average Bonchev–Trinajstić information content (AvgIpc) is 2.75. The SMILES string of the molecule is CCCC(=O)Nc1ccc2c(c1)C(=O)N(C)[C@H]1CC[C@@H](CC(=O)NCC(F)(F)F)O[C@@H]1CO2. The van der Waals surface area contributed by atoms with E-state index < -0.39 is 30.8 Å². The summed E-state index contributed by atoms with van der Waals surface area (Å²) in [6, 6.07) is 4.51. The van der Waals surface area contributed by atoms with Crippen molar-refractivity contribution in [3.05, 3.63) is 23.8 Å². The van der Waals surface area contributed by atoms with Gasteiger partial charge in [-0.3, -0.25) is 14.4 Å². The molecule has 1 fully saturated rings. The first-order valence-corrected chi connectivity index (χ1v) is 10.9. The number of halogens is 3. The molecule has 3 atom stereocenters. The number of benzene rings is 1. The highest BCUT2D eigenvalue weighted by Gasteiger charge is 2.39. The number of hydrogen-bond donors (Lipinski definition) is 2. The molecule has 0 spiro atoms. The lowest BCUT2D eigenvalue weighted by atomic mass is 9.94. The molecule has 0 aliphatic carbocycles. The van der Waals surface area contributed by atoms with Gasteiger partial charge in [0.2, 0.25) is 11.8 Å². The van der Waals surface area contributed by atoms with Crippen LogP contribution in [0.4, 0.5) is 18.9 Å². The van der Waals surface area contributed by atoms with Crippen LogP contribution >= 0.6 is 0 Å². The molecule has 1 aromatic rings. The van der Waals surface area contributed by atoms with E-state index in [-0.39, 0.29) is 30.9 Å². The van der Waals surface area contributed by atoms with Crippen LogP contribution in [0.2, 0.25) is 0 Å². The number of amides is 3. The Balaban J connectivity index is 1.67. The first-order valence-electron chi connectivity index (χ1n) is 10.9. The van der Waals surface area contributed by atoms with Gasteiger partial charge in [-0.15, -0.1) is 0 Å². The summed E-state index contributed by atoms with van der Waals surface area (Å²) >= 11 is 0. The van der Waals surface area contributed by atoms with Crippen molar-refractivity contribution in [2.45, 2.75) is 63.5 Å². The van der Waals surface area contributed by atoms with Crippen LogP contribution in [0.1, 0.15) is 49.4 Å². The number of hydrogen-bond acceptors (Lipinski definition) is 5. The molecule has 0 radical (unpaired) electrons. The van der Waals surface area contributed by atoms with Crippen LogP contribution in [0.25, 0.3) is 0 Å². The standard InChI is InChI=1S/C22H28F3N3O5/c1-3-4-19(29)27-13-5-8-17-15(9-13)21(31)28(2)16-7-6-14(33-18(16)11-32-17)10-20(30)26-12-22(23,24)25/h5,8-9,14,16,18H,3-4,6-7,10-12H2,1-2H3,(H,26,30)(H,27,29)/t14-,16-,18+/m0/s1. The molecule has 11 heteroatoms. The second kappa shape index (κ2) is 10.4. The molecule has 33 heavy (non-hydrogen) atoms. The van der Waals surface area contributed by atoms with Crippen molar-refractivity contribution in [2.24, 2.45) is 0 Å². The molecular formula is C22H28F3N3O5. The normalized spacial score (nSPS) is 22.9. The fourth-order valence-corrected chi connectivity index (χ4v) is 4.03. The third-order valence-corrected chi connectivity index (χ3v) is 5.67. The van der Waals surface area contributed by atoms with Crippen LogP contribution in [0.3, 0.4) is 0 Å². The minimum atomic E-state index is -4.48. The lowest BCUT2D eigenvalue weighted by Gasteiger charge is -2.42. The Morgan fingerprint density at radius 3 is 2.67 bits per heavy atom. The number of nitrogens with zero attached hydrogens (tertiary/aromatic N) is 1. The second-order valence-electron chi connectivity index (χ2n) is 8.27. The molecular weight excluding hydrogens is 443 g/mol. The van der Waals surface area contributed by atoms with E-state index in [2.05, 4.69) is 5.32 Å². The van der Waals surface area contributed by atoms with Crippen LogP contribution in [0.5, 0.6) is 5.75 Å². The second-order valence-corrected chi connectivity index (χ2v) is 8.27. The van der Waals surface area contributed by atoms with E-state index in [1.54, 1.807) is 30.1 Å². The van der Waals surface area contributed by atoms with E-state index in [1.165, 1.54) is 0 Å². The van der Waals surface area contributed by atoms with Crippen LogP contribution in [0.15, 0.2) is 18.2 Å². The maximum atomic E-state index is 13.2. The van der Waals surface area contributed by atoms with E-state index in [0.717, 1.165) is 0 Å². The van der Waals surface area contributed by atoms with Crippen molar-refractivity contribution in [1.82, 2.24) is 10.2 Å². The minimum Gasteiger partial charge on any atom is -0.490 e. The average molecular weight is 471 g/mol. The van der Waals surface area contributed by atoms with Gasteiger partial charge in [0.1, 0.15) is 25.0 Å². The Kier molecular flexibility index (Phi) is 7.83. The minimum absolute atomic E-state index is 0.109. The number of likely N-dealkylation sites (N-methyl/N-ethyl adjacent to an activating group) is 1. The molecule has 1 aromatic carbocycles. The molecule has 2 aliphatic rings. The molecule has 2 N–H and O–H groups in total. The summed E-state index contributed by atoms with van der Waals surface area (Å²) < 4.78 is 48.7. The number of fused-ring (bicyclic) bond motifs is 2. The molecule has 0 bridgehead atoms. The molecule has 2 aliphatic heterocycles. The summed E-state index contributed by atoms with van der Waals surface area (Å²) in [7, 11) is 1.65. The van der Waals surface area contributed by atoms with Gasteiger partial charge in [-0.2, -0.15) is 13.2 Å². The Bertz CT molecular complexity index is 893. The lowest BCUT2D eigenvalue weighted by molar-refractivity contribution is -0.144. The molecule has 1 saturated heterocycles. The Morgan fingerprint density at radius 1 is 1.21 bits per heavy atom. The first kappa shape index (κ1) is 24.8. The van der Waals surface area contributed by atoms with Gasteiger partial charge in [0.15, 0.2) is 0 Å². The summed E-state index contributed by atoms with van der Waals surface area (Å²) in [6.07, 6.45) is -3.78. The third-order valence-electron chi connectivity index (χ3n) is 5.67. The molecule has 2 heterocycles. The topological polar surface area (TPSA) is 97.0 Å². The van der Waals surface area contributed by atoms with E-state index in [1.807, 2.05) is 12.2 Å². The number of rotatable bonds is 6. The van der Waals surface area contributed by atoms with Crippen molar-refractivity contribution in [3.63, 3.8) is 0 Å². The number of carbonyl (C=O) groups is 3. The first-order chi connectivity index (χ1) is 15.6. The summed E-state index contributed by atoms with van der Waals surface area (Å²) in [5, 5.41) is 4.62. The van der Waals surface area contributed by atoms with Gasteiger partial charge >= 0.3 is 6.18 Å². The van der Waals surface area contributed by atoms with E-state index in [4.69, 9.17) is 9.47 Å². The van der Waals surface area contributed by atoms with Gasteiger partial charge in [0.05, 0.1) is 24.1 Å². The monoisotopic (exact) mass is 471 g/mol. The quantitative estimate of drug-likeness (QED) is 0.665. The third kappa shape index (κ3) is 6.59. The molecule has 3 rings (SSSR count). The van der Waals surface area contributed by atoms with Gasteiger partial charge in [-0.05, 0) is 37.5 Å². The van der Waals surface area contributed by atoms with Gasteiger partial charge in [0, 0.05) is 19.2 Å². The summed E-state index contributed by atoms with van der Waals surface area (Å²) in [6.45, 7) is 0.620. The molecule has 3 amide bonds. The van der Waals surface area contributed by atoms with Gasteiger partial charge in [0.25, 0.3) is 5.91 Å². The highest BCUT2D eigenvalue weighted by molar-refractivity contribution is 5.99. The fraction of sp³-hybridized carbons (Fsp3) is 0.591. The summed E-state index contributed by atoms with van der Waals surface area (Å²) in [5.41, 5.74) is 0.818. The fourth-order valence-electron chi connectivity index (χ4n) is 4.03. The van der Waals surface area contributed by atoms with E-state index in [0.29, 0.717) is 42.7 Å². The highest BCUT2D eigenvalue weighted by Crippen LogP contribution is 2.32. The molecule has 8 nitrogen and oxygen atoms in total. The lowest BCUT2D eigenvalue weighted by Crippen LogP contribution is -2.54. The summed E-state index contributed by atoms with van der Waals surface area (Å²) in [5.74, 6) is -0.838. The number of alkyl halides is 3. The predicted molar refractivity (Wildman–Crippen MR) is 113 cm³/mol. The summed E-state index contributed by atoms with van der Waals surface area (Å²) in [4.78, 5) is 38.5. The number of anilines is 1. The van der Waals surface area contributed by atoms with Crippen molar-refractivity contribution < 1.29 is 37.0 Å². The molecule has 0 aromatic heterocycles. The Labute approximate surface area is 189 Å². The van der Waals surface area contributed by atoms with Crippen LogP contribution in [0, 0.1) is 0 Å². The number of carbonyl (C=O) groups excluding carboxylic acids is 3. The van der Waals surface area contributed by atoms with Crippen molar-refractivity contribution >= 4 is 23.4 Å². The Morgan fingerprint density at radius 2 is 1.97 bits per heavy atom. The van der Waals surface area contributed by atoms with E-state index >= 15 is 0 Å². The van der Waals surface area contributed by atoms with Crippen LogP contribution in [-0.4, -0.2) is 67.2 Å². The van der Waals surface area contributed by atoms with Gasteiger partial charge in [-0.1, -0.05) is 6.92 Å². The maximum absolute atomic E-state index is 13.2. The highest BCUT2D eigenvalue weighted by atomic mass is 19.4. The zero-order chi connectivity index (χ0) is 24.2. The molecule has 0 unspecified atom stereocenters. The van der Waals surface area contributed by atoms with Crippen molar-refractivity contribution in [2.75, 3.05) is 25.5 Å². The van der Waals surface area contributed by atoms with Gasteiger partial charge in [-0.25, -0.2) is 0 Å². The van der Waals surface area contributed by atoms with E-state index in [9.17, 15) is 27.6 Å². The van der Waals surface area contributed by atoms with Crippen molar-refractivity contribution in [1.29, 1.82) is 0 Å². The van der Waals surface area contributed by atoms with Crippen molar-refractivity contribution in [3.8, 4) is 5.75 Å². The zero-order valence-electron chi connectivity index (χ0n) is 18.5. The smallest absolute Gasteiger partial charge is 0.405 e. The van der Waals surface area contributed by atoms with Gasteiger partial charge < -0.3 is 25.0 Å². The zero-order valence-corrected chi connectivity index (χ0v) is 18.5. The number of nitrogens with one attached hydrogen (secondary N) is 2. The number of ether oxygens (including phenoxy) is 2.